The third-order valence-electron chi connectivity index (χ3n) is 12.1. The molecule has 0 unspecified atom stereocenters. The zero-order valence-electron chi connectivity index (χ0n) is 38.3. The number of benzene rings is 4. The minimum absolute atomic E-state index is 0.0129. The summed E-state index contributed by atoms with van der Waals surface area (Å²) >= 11 is 0. The van der Waals surface area contributed by atoms with Crippen LogP contribution in [-0.2, 0) is 64.3 Å². The average Bonchev–Trinajstić information content (AvgIpc) is 4.02. The minimum atomic E-state index is -1.33. The van der Waals surface area contributed by atoms with Crippen molar-refractivity contribution in [2.75, 3.05) is 19.7 Å². The number of fused-ring (bicyclic) bond motifs is 2. The SMILES string of the molecule is C[C@@H]1NC(=O)[C@H](Cc2ccc(O)cc2)NC(=O)[C@H](CCCNC(=O)OCc2ccccc2)NC(=O)[C@H](Cc2c[nH]c3ccccc23)NC(=O)[C@H](COCc2ccccc2)NC(=O)[C@H]2CCCN2C1=O. The largest absolute Gasteiger partial charge is 0.508 e. The van der Waals surface area contributed by atoms with E-state index in [4.69, 9.17) is 9.47 Å². The monoisotopic (exact) mass is 942 g/mol. The molecular weight excluding hydrogens is 885 g/mol. The van der Waals surface area contributed by atoms with Crippen molar-refractivity contribution in [3.8, 4) is 5.75 Å². The summed E-state index contributed by atoms with van der Waals surface area (Å²) in [6.07, 6.45) is 1.78. The van der Waals surface area contributed by atoms with E-state index in [2.05, 4.69) is 36.9 Å². The van der Waals surface area contributed by atoms with Crippen LogP contribution in [0, 0.1) is 0 Å². The predicted octanol–water partition coefficient (Wildman–Crippen LogP) is 3.03. The van der Waals surface area contributed by atoms with Gasteiger partial charge in [0.05, 0.1) is 13.2 Å². The van der Waals surface area contributed by atoms with Gasteiger partial charge in [0.15, 0.2) is 0 Å². The quantitative estimate of drug-likeness (QED) is 0.0757. The van der Waals surface area contributed by atoms with Gasteiger partial charge < -0.3 is 56.4 Å². The molecule has 2 aliphatic rings. The fourth-order valence-electron chi connectivity index (χ4n) is 8.41. The van der Waals surface area contributed by atoms with Gasteiger partial charge in [0.2, 0.25) is 35.4 Å². The second kappa shape index (κ2) is 23.8. The lowest BCUT2D eigenvalue weighted by molar-refractivity contribution is -0.142. The third-order valence-corrected chi connectivity index (χ3v) is 12.1. The molecular formula is C51H58N8O10. The Morgan fingerprint density at radius 3 is 1.99 bits per heavy atom. The zero-order chi connectivity index (χ0) is 48.7. The van der Waals surface area contributed by atoms with E-state index in [9.17, 15) is 38.7 Å². The van der Waals surface area contributed by atoms with Crippen LogP contribution in [0.15, 0.2) is 115 Å². The molecule has 69 heavy (non-hydrogen) atoms. The van der Waals surface area contributed by atoms with Gasteiger partial charge in [-0.05, 0) is 73.1 Å². The molecule has 0 bridgehead atoms. The van der Waals surface area contributed by atoms with E-state index in [1.54, 1.807) is 18.3 Å². The van der Waals surface area contributed by atoms with E-state index < -0.39 is 77.8 Å². The molecule has 18 nitrogen and oxygen atoms in total. The topological polar surface area (TPSA) is 249 Å². The Bertz CT molecular complexity index is 2570. The van der Waals surface area contributed by atoms with Gasteiger partial charge in [-0.3, -0.25) is 28.8 Å². The summed E-state index contributed by atoms with van der Waals surface area (Å²) in [7, 11) is 0. The first-order valence-electron chi connectivity index (χ1n) is 23.1. The van der Waals surface area contributed by atoms with Crippen molar-refractivity contribution in [1.82, 2.24) is 41.8 Å². The molecule has 0 aliphatic carbocycles. The second-order valence-corrected chi connectivity index (χ2v) is 17.2. The number of amides is 7. The average molecular weight is 943 g/mol. The molecule has 7 amide bonds. The number of rotatable bonds is 14. The molecule has 4 aromatic carbocycles. The van der Waals surface area contributed by atoms with Crippen molar-refractivity contribution in [2.24, 2.45) is 0 Å². The number of hydrogen-bond acceptors (Lipinski definition) is 10. The molecule has 5 aromatic rings. The van der Waals surface area contributed by atoms with Crippen molar-refractivity contribution < 1.29 is 48.1 Å². The van der Waals surface area contributed by atoms with Gasteiger partial charge in [-0.1, -0.05) is 91.0 Å². The van der Waals surface area contributed by atoms with Crippen molar-refractivity contribution >= 4 is 52.4 Å². The number of hydrogen-bond donors (Lipinski definition) is 8. The molecule has 362 valence electrons. The van der Waals surface area contributed by atoms with Crippen LogP contribution in [0.2, 0.25) is 0 Å². The third kappa shape index (κ3) is 13.7. The standard InChI is InChI=1S/C51H58N8O10/c1-32-50(66)59-25-11-19-44(59)49(65)58-43(31-68-29-34-12-4-2-5-13-34)48(64)57-42(27-36-28-53-39-17-9-8-16-38(36)39)47(63)55-40(18-10-24-52-51(67)69-30-35-14-6-3-7-15-35)45(61)56-41(46(62)54-32)26-33-20-22-37(60)23-21-33/h2-9,12-17,20-23,28,32,40-44,53,60H,10-11,18-19,24-27,29-31H2,1H3,(H,52,67)(H,54,62)(H,55,63)(H,56,61)(H,57,64)(H,58,65)/t32-,40-,41-,42-,43-,44+/m0/s1. The number of phenolic OH excluding ortho intramolecular Hbond substituents is 1. The van der Waals surface area contributed by atoms with Gasteiger partial charge in [-0.25, -0.2) is 4.79 Å². The highest BCUT2D eigenvalue weighted by Gasteiger charge is 2.40. The van der Waals surface area contributed by atoms with E-state index >= 15 is 0 Å². The van der Waals surface area contributed by atoms with Crippen molar-refractivity contribution in [2.45, 2.75) is 94.9 Å². The Hall–Kier alpha value is -7.73. The number of alkyl carbamates (subject to hydrolysis) is 1. The van der Waals surface area contributed by atoms with Gasteiger partial charge in [-0.2, -0.15) is 0 Å². The normalized spacial score (nSPS) is 21.7. The number of nitrogens with one attached hydrogen (secondary N) is 7. The van der Waals surface area contributed by atoms with E-state index in [1.165, 1.54) is 24.0 Å². The lowest BCUT2D eigenvalue weighted by Crippen LogP contribution is -2.62. The number of H-pyrrole nitrogens is 1. The highest BCUT2D eigenvalue weighted by Crippen LogP contribution is 2.22. The van der Waals surface area contributed by atoms with Crippen LogP contribution in [0.1, 0.15) is 54.9 Å². The summed E-state index contributed by atoms with van der Waals surface area (Å²) in [6, 6.07) is 24.4. The van der Waals surface area contributed by atoms with Crippen LogP contribution in [-0.4, -0.2) is 112 Å². The molecule has 0 radical (unpaired) electrons. The maximum atomic E-state index is 14.7. The molecule has 1 aromatic heterocycles. The van der Waals surface area contributed by atoms with Crippen LogP contribution in [0.3, 0.4) is 0 Å². The van der Waals surface area contributed by atoms with Gasteiger partial charge in [0.25, 0.3) is 0 Å². The molecule has 6 atom stereocenters. The molecule has 7 rings (SSSR count). The van der Waals surface area contributed by atoms with Gasteiger partial charge in [0.1, 0.15) is 48.6 Å². The zero-order valence-corrected chi connectivity index (χ0v) is 38.3. The number of nitrogens with zero attached hydrogens (tertiary/aromatic N) is 1. The number of ether oxygens (including phenoxy) is 2. The van der Waals surface area contributed by atoms with Crippen LogP contribution in [0.4, 0.5) is 4.79 Å². The van der Waals surface area contributed by atoms with E-state index in [0.717, 1.165) is 22.0 Å². The summed E-state index contributed by atoms with van der Waals surface area (Å²) < 4.78 is 11.3. The summed E-state index contributed by atoms with van der Waals surface area (Å²) in [4.78, 5) is 103. The number of carbonyl (C=O) groups is 7. The van der Waals surface area contributed by atoms with Crippen LogP contribution < -0.4 is 31.9 Å². The number of aromatic nitrogens is 1. The smallest absolute Gasteiger partial charge is 0.407 e. The molecule has 2 aliphatic heterocycles. The van der Waals surface area contributed by atoms with Gasteiger partial charge in [0, 0.05) is 43.0 Å². The van der Waals surface area contributed by atoms with Crippen LogP contribution >= 0.6 is 0 Å². The molecule has 0 spiro atoms. The van der Waals surface area contributed by atoms with E-state index in [-0.39, 0.29) is 70.8 Å². The molecule has 0 saturated carbocycles. The summed E-state index contributed by atoms with van der Waals surface area (Å²) in [5, 5.41) is 27.4. The second-order valence-electron chi connectivity index (χ2n) is 17.2. The lowest BCUT2D eigenvalue weighted by Gasteiger charge is -2.31. The van der Waals surface area contributed by atoms with Crippen molar-refractivity contribution in [3.63, 3.8) is 0 Å². The number of aromatic hydroxyl groups is 1. The Morgan fingerprint density at radius 2 is 1.26 bits per heavy atom. The highest BCUT2D eigenvalue weighted by molar-refractivity contribution is 5.99. The summed E-state index contributed by atoms with van der Waals surface area (Å²) in [5.41, 5.74) is 3.63. The molecule has 2 fully saturated rings. The molecule has 18 heteroatoms. The van der Waals surface area contributed by atoms with Gasteiger partial charge >= 0.3 is 6.09 Å². The first-order chi connectivity index (χ1) is 33.4. The fourth-order valence-corrected chi connectivity index (χ4v) is 8.41. The summed E-state index contributed by atoms with van der Waals surface area (Å²) in [5.74, 6) is -4.14. The molecule has 8 N–H and O–H groups in total. The van der Waals surface area contributed by atoms with Crippen LogP contribution in [0.25, 0.3) is 10.9 Å². The van der Waals surface area contributed by atoms with Crippen molar-refractivity contribution in [3.05, 3.63) is 138 Å². The highest BCUT2D eigenvalue weighted by atomic mass is 16.5. The van der Waals surface area contributed by atoms with E-state index in [1.807, 2.05) is 84.9 Å². The minimum Gasteiger partial charge on any atom is -0.508 e. The van der Waals surface area contributed by atoms with E-state index in [0.29, 0.717) is 17.5 Å². The Balaban J connectivity index is 1.19. The number of para-hydroxylation sites is 1. The summed E-state index contributed by atoms with van der Waals surface area (Å²) in [6.45, 7) is 1.58. The fraction of sp³-hybridized carbons (Fsp3) is 0.353. The first kappa shape index (κ1) is 49.2. The Morgan fingerprint density at radius 1 is 0.667 bits per heavy atom. The Labute approximate surface area is 399 Å². The number of aromatic amines is 1. The first-order valence-corrected chi connectivity index (χ1v) is 23.1. The lowest BCUT2D eigenvalue weighted by atomic mass is 10.0. The maximum Gasteiger partial charge on any atom is 0.407 e. The number of carbonyl (C=O) groups excluding carboxylic acids is 7. The van der Waals surface area contributed by atoms with Crippen LogP contribution in [0.5, 0.6) is 5.75 Å². The molecule has 2 saturated heterocycles. The number of phenols is 1. The predicted molar refractivity (Wildman–Crippen MR) is 254 cm³/mol. The Kier molecular flexibility index (Phi) is 17.0. The van der Waals surface area contributed by atoms with Gasteiger partial charge in [-0.15, -0.1) is 0 Å². The van der Waals surface area contributed by atoms with Crippen molar-refractivity contribution in [1.29, 1.82) is 0 Å². The maximum absolute atomic E-state index is 14.7. The molecule has 3 heterocycles.